The number of carboxylic acids is 1. The molecule has 0 aliphatic rings. The number of benzene rings is 1. The van der Waals surface area contributed by atoms with Crippen LogP contribution in [0.1, 0.15) is 31.1 Å². The Hall–Kier alpha value is -1.26. The van der Waals surface area contributed by atoms with E-state index in [-0.39, 0.29) is 16.2 Å². The fourth-order valence-corrected chi connectivity index (χ4v) is 1.46. The quantitative estimate of drug-likeness (QED) is 0.836. The van der Waals surface area contributed by atoms with Gasteiger partial charge in [-0.3, -0.25) is 0 Å². The first-order valence-electron chi connectivity index (χ1n) is 5.59. The van der Waals surface area contributed by atoms with E-state index in [1.807, 2.05) is 20.8 Å². The molecule has 0 fully saturated rings. The van der Waals surface area contributed by atoms with Crippen LogP contribution in [0.5, 0.6) is 5.75 Å². The Labute approximate surface area is 111 Å². The van der Waals surface area contributed by atoms with Gasteiger partial charge in [-0.25, -0.2) is 4.79 Å². The lowest BCUT2D eigenvalue weighted by atomic mass is 10.2. The SMILES string of the molecule is CC(C)(C)OCCOc1ccc(Cl)c(C(=O)O)c1. The lowest BCUT2D eigenvalue weighted by Crippen LogP contribution is -2.22. The molecule has 0 saturated carbocycles. The normalized spacial score (nSPS) is 11.3. The summed E-state index contributed by atoms with van der Waals surface area (Å²) in [5.74, 6) is -0.606. The summed E-state index contributed by atoms with van der Waals surface area (Å²) in [6.45, 7) is 6.67. The van der Waals surface area contributed by atoms with Crippen molar-refractivity contribution in [3.8, 4) is 5.75 Å². The Morgan fingerprint density at radius 1 is 1.33 bits per heavy atom. The molecule has 18 heavy (non-hydrogen) atoms. The molecule has 0 aromatic heterocycles. The molecule has 0 bridgehead atoms. The summed E-state index contributed by atoms with van der Waals surface area (Å²) < 4.78 is 10.9. The fraction of sp³-hybridized carbons (Fsp3) is 0.462. The molecule has 0 unspecified atom stereocenters. The Bertz CT molecular complexity index is 423. The monoisotopic (exact) mass is 272 g/mol. The minimum absolute atomic E-state index is 0.0332. The van der Waals surface area contributed by atoms with Gasteiger partial charge in [0.25, 0.3) is 0 Å². The summed E-state index contributed by atoms with van der Waals surface area (Å²) in [5.41, 5.74) is -0.179. The van der Waals surface area contributed by atoms with Gasteiger partial charge in [0, 0.05) is 0 Å². The van der Waals surface area contributed by atoms with Crippen LogP contribution in [0.2, 0.25) is 5.02 Å². The van der Waals surface area contributed by atoms with Crippen molar-refractivity contribution in [2.45, 2.75) is 26.4 Å². The second-order valence-corrected chi connectivity index (χ2v) is 5.16. The first kappa shape index (κ1) is 14.8. The molecule has 0 aliphatic heterocycles. The zero-order valence-electron chi connectivity index (χ0n) is 10.7. The molecular formula is C13H17ClO4. The van der Waals surface area contributed by atoms with Gasteiger partial charge in [-0.1, -0.05) is 11.6 Å². The van der Waals surface area contributed by atoms with Crippen molar-refractivity contribution in [3.63, 3.8) is 0 Å². The lowest BCUT2D eigenvalue weighted by molar-refractivity contribution is -0.0163. The molecule has 0 amide bonds. The highest BCUT2D eigenvalue weighted by Crippen LogP contribution is 2.22. The average molecular weight is 273 g/mol. The maximum absolute atomic E-state index is 10.9. The molecule has 0 spiro atoms. The van der Waals surface area contributed by atoms with Crippen LogP contribution in [0.4, 0.5) is 0 Å². The van der Waals surface area contributed by atoms with Crippen molar-refractivity contribution >= 4 is 17.6 Å². The highest BCUT2D eigenvalue weighted by atomic mass is 35.5. The van der Waals surface area contributed by atoms with Gasteiger partial charge in [-0.2, -0.15) is 0 Å². The molecule has 0 heterocycles. The zero-order valence-corrected chi connectivity index (χ0v) is 11.5. The van der Waals surface area contributed by atoms with Crippen molar-refractivity contribution in [2.24, 2.45) is 0 Å². The van der Waals surface area contributed by atoms with Crippen LogP contribution in [-0.4, -0.2) is 29.9 Å². The van der Waals surface area contributed by atoms with E-state index in [1.54, 1.807) is 6.07 Å². The number of hydrogen-bond donors (Lipinski definition) is 1. The largest absolute Gasteiger partial charge is 0.491 e. The highest BCUT2D eigenvalue weighted by Gasteiger charge is 2.11. The number of halogens is 1. The number of hydrogen-bond acceptors (Lipinski definition) is 3. The first-order chi connectivity index (χ1) is 8.29. The number of carbonyl (C=O) groups is 1. The Balaban J connectivity index is 2.53. The summed E-state index contributed by atoms with van der Waals surface area (Å²) in [6.07, 6.45) is 0. The number of rotatable bonds is 5. The van der Waals surface area contributed by atoms with Crippen LogP contribution >= 0.6 is 11.6 Å². The Kier molecular flexibility index (Phi) is 4.99. The predicted octanol–water partition coefficient (Wildman–Crippen LogP) is 3.23. The van der Waals surface area contributed by atoms with E-state index in [0.29, 0.717) is 19.0 Å². The fourth-order valence-electron chi connectivity index (χ4n) is 1.27. The third-order valence-electron chi connectivity index (χ3n) is 2.06. The Morgan fingerprint density at radius 3 is 2.56 bits per heavy atom. The van der Waals surface area contributed by atoms with Crippen LogP contribution in [0.3, 0.4) is 0 Å². The topological polar surface area (TPSA) is 55.8 Å². The summed E-state index contributed by atoms with van der Waals surface area (Å²) in [5, 5.41) is 9.10. The van der Waals surface area contributed by atoms with Gasteiger partial charge in [-0.05, 0) is 39.0 Å². The van der Waals surface area contributed by atoms with E-state index < -0.39 is 5.97 Å². The Morgan fingerprint density at radius 2 is 2.00 bits per heavy atom. The van der Waals surface area contributed by atoms with Gasteiger partial charge >= 0.3 is 5.97 Å². The van der Waals surface area contributed by atoms with Crippen molar-refractivity contribution in [1.82, 2.24) is 0 Å². The maximum atomic E-state index is 10.9. The van der Waals surface area contributed by atoms with Crippen molar-refractivity contribution < 1.29 is 19.4 Å². The second kappa shape index (κ2) is 6.07. The van der Waals surface area contributed by atoms with E-state index in [9.17, 15) is 4.79 Å². The molecule has 1 rings (SSSR count). The van der Waals surface area contributed by atoms with Crippen molar-refractivity contribution in [1.29, 1.82) is 0 Å². The highest BCUT2D eigenvalue weighted by molar-refractivity contribution is 6.33. The number of carboxylic acid groups (broad SMARTS) is 1. The molecule has 4 nitrogen and oxygen atoms in total. The number of aromatic carboxylic acids is 1. The predicted molar refractivity (Wildman–Crippen MR) is 69.6 cm³/mol. The van der Waals surface area contributed by atoms with Gasteiger partial charge < -0.3 is 14.6 Å². The molecule has 0 saturated heterocycles. The summed E-state index contributed by atoms with van der Waals surface area (Å²) >= 11 is 5.75. The third-order valence-corrected chi connectivity index (χ3v) is 2.38. The molecule has 1 N–H and O–H groups in total. The first-order valence-corrected chi connectivity index (χ1v) is 5.97. The van der Waals surface area contributed by atoms with Crippen molar-refractivity contribution in [3.05, 3.63) is 28.8 Å². The van der Waals surface area contributed by atoms with Crippen LogP contribution in [-0.2, 0) is 4.74 Å². The zero-order chi connectivity index (χ0) is 13.8. The summed E-state index contributed by atoms with van der Waals surface area (Å²) in [6, 6.07) is 4.54. The summed E-state index contributed by atoms with van der Waals surface area (Å²) in [7, 11) is 0. The van der Waals surface area contributed by atoms with E-state index in [1.165, 1.54) is 12.1 Å². The molecule has 1 aromatic carbocycles. The van der Waals surface area contributed by atoms with Gasteiger partial charge in [0.1, 0.15) is 12.4 Å². The van der Waals surface area contributed by atoms with Crippen LogP contribution < -0.4 is 4.74 Å². The van der Waals surface area contributed by atoms with Crippen LogP contribution in [0, 0.1) is 0 Å². The summed E-state index contributed by atoms with van der Waals surface area (Å²) in [4.78, 5) is 10.9. The van der Waals surface area contributed by atoms with Gasteiger partial charge in [-0.15, -0.1) is 0 Å². The molecule has 0 aliphatic carbocycles. The van der Waals surface area contributed by atoms with E-state index >= 15 is 0 Å². The van der Waals surface area contributed by atoms with Gasteiger partial charge in [0.05, 0.1) is 22.8 Å². The van der Waals surface area contributed by atoms with Crippen LogP contribution in [0.15, 0.2) is 18.2 Å². The maximum Gasteiger partial charge on any atom is 0.337 e. The number of ether oxygens (including phenoxy) is 2. The van der Waals surface area contributed by atoms with E-state index in [0.717, 1.165) is 0 Å². The minimum atomic E-state index is -1.07. The van der Waals surface area contributed by atoms with E-state index in [4.69, 9.17) is 26.2 Å². The van der Waals surface area contributed by atoms with Gasteiger partial charge in [0.2, 0.25) is 0 Å². The van der Waals surface area contributed by atoms with Gasteiger partial charge in [0.15, 0.2) is 0 Å². The molecular weight excluding hydrogens is 256 g/mol. The minimum Gasteiger partial charge on any atom is -0.491 e. The second-order valence-electron chi connectivity index (χ2n) is 4.76. The van der Waals surface area contributed by atoms with E-state index in [2.05, 4.69) is 0 Å². The smallest absolute Gasteiger partial charge is 0.337 e. The third kappa shape index (κ3) is 4.94. The molecule has 1 aromatic rings. The lowest BCUT2D eigenvalue weighted by Gasteiger charge is -2.19. The van der Waals surface area contributed by atoms with Crippen LogP contribution in [0.25, 0.3) is 0 Å². The molecule has 100 valence electrons. The standard InChI is InChI=1S/C13H17ClO4/c1-13(2,3)18-7-6-17-9-4-5-11(14)10(8-9)12(15)16/h4-5,8H,6-7H2,1-3H3,(H,15,16). The average Bonchev–Trinajstić information content (AvgIpc) is 2.24. The van der Waals surface area contributed by atoms with Crippen molar-refractivity contribution in [2.75, 3.05) is 13.2 Å². The molecule has 0 atom stereocenters. The molecule has 5 heteroatoms. The molecule has 0 radical (unpaired) electrons.